The van der Waals surface area contributed by atoms with Gasteiger partial charge < -0.3 is 10.5 Å². The lowest BCUT2D eigenvalue weighted by Gasteiger charge is -2.00. The zero-order valence-corrected chi connectivity index (χ0v) is 10.6. The Labute approximate surface area is 102 Å². The van der Waals surface area contributed by atoms with Crippen LogP contribution in [0.5, 0.6) is 0 Å². The molecule has 96 valence electrons. The molecular formula is C12H21N3O2. The molecule has 0 amide bonds. The summed E-state index contributed by atoms with van der Waals surface area (Å²) in [5.74, 6) is -0.447. The van der Waals surface area contributed by atoms with Gasteiger partial charge in [0.1, 0.15) is 0 Å². The number of anilines is 1. The first-order valence-corrected chi connectivity index (χ1v) is 6.19. The molecule has 0 bridgehead atoms. The third-order valence-corrected chi connectivity index (χ3v) is 2.50. The molecule has 17 heavy (non-hydrogen) atoms. The lowest BCUT2D eigenvalue weighted by Crippen LogP contribution is -2.08. The Kier molecular flexibility index (Phi) is 5.52. The van der Waals surface area contributed by atoms with Crippen LogP contribution in [-0.2, 0) is 11.3 Å². The van der Waals surface area contributed by atoms with Crippen molar-refractivity contribution < 1.29 is 9.53 Å². The van der Waals surface area contributed by atoms with Gasteiger partial charge in [0.15, 0.2) is 5.69 Å². The number of rotatable bonds is 7. The van der Waals surface area contributed by atoms with E-state index in [4.69, 9.17) is 10.5 Å². The summed E-state index contributed by atoms with van der Waals surface area (Å²) in [6.07, 6.45) is 6.34. The molecule has 0 saturated carbocycles. The Morgan fingerprint density at radius 2 is 2.18 bits per heavy atom. The maximum absolute atomic E-state index is 11.5. The van der Waals surface area contributed by atoms with Crippen molar-refractivity contribution in [2.75, 3.05) is 12.3 Å². The highest BCUT2D eigenvalue weighted by Gasteiger charge is 2.15. The molecule has 0 aliphatic rings. The number of nitrogens with two attached hydrogens (primary N) is 1. The molecule has 0 aliphatic carbocycles. The van der Waals surface area contributed by atoms with Crippen LogP contribution in [-0.4, -0.2) is 22.4 Å². The topological polar surface area (TPSA) is 70.1 Å². The van der Waals surface area contributed by atoms with Crippen LogP contribution in [0.1, 0.15) is 50.0 Å². The first-order chi connectivity index (χ1) is 8.19. The van der Waals surface area contributed by atoms with Crippen molar-refractivity contribution in [3.63, 3.8) is 0 Å². The maximum Gasteiger partial charge on any atom is 0.361 e. The van der Waals surface area contributed by atoms with Crippen molar-refractivity contribution in [1.82, 2.24) is 9.78 Å². The number of hydrogen-bond donors (Lipinski definition) is 1. The summed E-state index contributed by atoms with van der Waals surface area (Å²) in [4.78, 5) is 11.5. The van der Waals surface area contributed by atoms with Gasteiger partial charge in [-0.1, -0.05) is 26.2 Å². The number of aromatic nitrogens is 2. The summed E-state index contributed by atoms with van der Waals surface area (Å²) in [7, 11) is 0. The average molecular weight is 239 g/mol. The van der Waals surface area contributed by atoms with Gasteiger partial charge in [-0.3, -0.25) is 4.68 Å². The summed E-state index contributed by atoms with van der Waals surface area (Å²) >= 11 is 0. The van der Waals surface area contributed by atoms with Gasteiger partial charge in [-0.05, 0) is 13.3 Å². The second kappa shape index (κ2) is 6.93. The maximum atomic E-state index is 11.5. The number of nitrogen functional groups attached to an aromatic ring is 1. The predicted octanol–water partition coefficient (Wildman–Crippen LogP) is 2.22. The number of unbranched alkanes of at least 4 members (excludes halogenated alkanes) is 3. The van der Waals surface area contributed by atoms with E-state index in [1.165, 1.54) is 19.3 Å². The molecule has 1 heterocycles. The van der Waals surface area contributed by atoms with Crippen LogP contribution >= 0.6 is 0 Å². The van der Waals surface area contributed by atoms with Crippen LogP contribution < -0.4 is 5.73 Å². The molecule has 1 aromatic heterocycles. The van der Waals surface area contributed by atoms with E-state index < -0.39 is 5.97 Å². The predicted molar refractivity (Wildman–Crippen MR) is 66.7 cm³/mol. The monoisotopic (exact) mass is 239 g/mol. The van der Waals surface area contributed by atoms with Crippen LogP contribution in [0.15, 0.2) is 6.20 Å². The second-order valence-electron chi connectivity index (χ2n) is 3.98. The van der Waals surface area contributed by atoms with Gasteiger partial charge in [0.05, 0.1) is 12.3 Å². The van der Waals surface area contributed by atoms with E-state index in [-0.39, 0.29) is 5.69 Å². The Morgan fingerprint density at radius 3 is 2.82 bits per heavy atom. The molecule has 0 spiro atoms. The lowest BCUT2D eigenvalue weighted by atomic mass is 10.2. The largest absolute Gasteiger partial charge is 0.461 e. The van der Waals surface area contributed by atoms with Gasteiger partial charge in [-0.15, -0.1) is 0 Å². The van der Waals surface area contributed by atoms with Gasteiger partial charge in [-0.2, -0.15) is 5.10 Å². The smallest absolute Gasteiger partial charge is 0.361 e. The van der Waals surface area contributed by atoms with Crippen molar-refractivity contribution in [2.24, 2.45) is 0 Å². The van der Waals surface area contributed by atoms with Crippen LogP contribution in [0.4, 0.5) is 5.69 Å². The van der Waals surface area contributed by atoms with E-state index in [1.807, 2.05) is 0 Å². The van der Waals surface area contributed by atoms with Gasteiger partial charge in [0, 0.05) is 12.7 Å². The number of esters is 1. The number of aryl methyl sites for hydroxylation is 1. The average Bonchev–Trinajstić information content (AvgIpc) is 2.66. The normalized spacial score (nSPS) is 10.5. The van der Waals surface area contributed by atoms with E-state index in [2.05, 4.69) is 12.0 Å². The summed E-state index contributed by atoms with van der Waals surface area (Å²) in [6.45, 7) is 5.06. The molecule has 0 saturated heterocycles. The summed E-state index contributed by atoms with van der Waals surface area (Å²) in [5.41, 5.74) is 6.33. The Bertz CT molecular complexity index is 361. The molecule has 5 heteroatoms. The SMILES string of the molecule is CCCCCCn1cc(N)c(C(=O)OCC)n1. The minimum Gasteiger partial charge on any atom is -0.461 e. The first-order valence-electron chi connectivity index (χ1n) is 6.19. The molecule has 0 fully saturated rings. The minimum absolute atomic E-state index is 0.224. The third kappa shape index (κ3) is 4.09. The molecule has 0 atom stereocenters. The number of ether oxygens (including phenoxy) is 1. The van der Waals surface area contributed by atoms with Crippen LogP contribution in [0.25, 0.3) is 0 Å². The standard InChI is InChI=1S/C12H21N3O2/c1-3-5-6-7-8-15-9-10(13)11(14-15)12(16)17-4-2/h9H,3-8,13H2,1-2H3. The van der Waals surface area contributed by atoms with Crippen molar-refractivity contribution in [1.29, 1.82) is 0 Å². The van der Waals surface area contributed by atoms with Gasteiger partial charge in [0.25, 0.3) is 0 Å². The van der Waals surface area contributed by atoms with E-state index in [0.29, 0.717) is 12.3 Å². The van der Waals surface area contributed by atoms with E-state index in [0.717, 1.165) is 13.0 Å². The molecule has 1 rings (SSSR count). The molecule has 0 aliphatic heterocycles. The zero-order valence-electron chi connectivity index (χ0n) is 10.6. The highest BCUT2D eigenvalue weighted by Crippen LogP contribution is 2.11. The van der Waals surface area contributed by atoms with E-state index >= 15 is 0 Å². The van der Waals surface area contributed by atoms with Crippen molar-refractivity contribution >= 4 is 11.7 Å². The van der Waals surface area contributed by atoms with Crippen LogP contribution in [0, 0.1) is 0 Å². The number of nitrogens with zero attached hydrogens (tertiary/aromatic N) is 2. The molecule has 0 unspecified atom stereocenters. The molecule has 0 aromatic carbocycles. The fourth-order valence-electron chi connectivity index (χ4n) is 1.61. The summed E-state index contributed by atoms with van der Waals surface area (Å²) < 4.78 is 6.59. The number of hydrogen-bond acceptors (Lipinski definition) is 4. The van der Waals surface area contributed by atoms with Gasteiger partial charge in [-0.25, -0.2) is 4.79 Å². The number of carbonyl (C=O) groups excluding carboxylic acids is 1. The highest BCUT2D eigenvalue weighted by atomic mass is 16.5. The van der Waals surface area contributed by atoms with Crippen molar-refractivity contribution in [3.8, 4) is 0 Å². The van der Waals surface area contributed by atoms with Crippen LogP contribution in [0.3, 0.4) is 0 Å². The molecular weight excluding hydrogens is 218 g/mol. The lowest BCUT2D eigenvalue weighted by molar-refractivity contribution is 0.0519. The summed E-state index contributed by atoms with van der Waals surface area (Å²) in [6, 6.07) is 0. The quantitative estimate of drug-likeness (QED) is 0.585. The van der Waals surface area contributed by atoms with E-state index in [1.54, 1.807) is 17.8 Å². The minimum atomic E-state index is -0.447. The summed E-state index contributed by atoms with van der Waals surface area (Å²) in [5, 5.41) is 4.14. The molecule has 0 radical (unpaired) electrons. The fraction of sp³-hybridized carbons (Fsp3) is 0.667. The van der Waals surface area contributed by atoms with Crippen molar-refractivity contribution in [2.45, 2.75) is 46.1 Å². The zero-order chi connectivity index (χ0) is 12.7. The van der Waals surface area contributed by atoms with Crippen molar-refractivity contribution in [3.05, 3.63) is 11.9 Å². The third-order valence-electron chi connectivity index (χ3n) is 2.50. The first kappa shape index (κ1) is 13.5. The van der Waals surface area contributed by atoms with Gasteiger partial charge in [0.2, 0.25) is 0 Å². The Morgan fingerprint density at radius 1 is 1.41 bits per heavy atom. The fourth-order valence-corrected chi connectivity index (χ4v) is 1.61. The van der Waals surface area contributed by atoms with Gasteiger partial charge >= 0.3 is 5.97 Å². The molecule has 2 N–H and O–H groups in total. The molecule has 5 nitrogen and oxygen atoms in total. The number of carbonyl (C=O) groups is 1. The second-order valence-corrected chi connectivity index (χ2v) is 3.98. The van der Waals surface area contributed by atoms with Crippen LogP contribution in [0.2, 0.25) is 0 Å². The Hall–Kier alpha value is -1.52. The highest BCUT2D eigenvalue weighted by molar-refractivity contribution is 5.92. The van der Waals surface area contributed by atoms with E-state index in [9.17, 15) is 4.79 Å². The Balaban J connectivity index is 2.52. The molecule has 1 aromatic rings.